The van der Waals surface area contributed by atoms with Gasteiger partial charge in [0.05, 0.1) is 26.3 Å². The summed E-state index contributed by atoms with van der Waals surface area (Å²) in [5.41, 5.74) is 3.47. The maximum atomic E-state index is 13.1. The first kappa shape index (κ1) is 27.3. The van der Waals surface area contributed by atoms with E-state index in [0.29, 0.717) is 78.5 Å². The Kier molecular flexibility index (Phi) is 8.71. The summed E-state index contributed by atoms with van der Waals surface area (Å²) in [5, 5.41) is 4.86. The van der Waals surface area contributed by atoms with E-state index in [0.717, 1.165) is 17.4 Å². The lowest BCUT2D eigenvalue weighted by molar-refractivity contribution is 0.172. The van der Waals surface area contributed by atoms with Gasteiger partial charge in [0.2, 0.25) is 0 Å². The van der Waals surface area contributed by atoms with Crippen molar-refractivity contribution in [3.05, 3.63) is 93.8 Å². The van der Waals surface area contributed by atoms with E-state index in [1.807, 2.05) is 59.5 Å². The number of ether oxygens (including phenoxy) is 4. The van der Waals surface area contributed by atoms with Gasteiger partial charge in [-0.2, -0.15) is 0 Å². The maximum Gasteiger partial charge on any atom is 0.253 e. The van der Waals surface area contributed by atoms with E-state index in [2.05, 4.69) is 22.4 Å². The molecule has 0 unspecified atom stereocenters. The Morgan fingerprint density at radius 2 is 1.68 bits per heavy atom. The number of benzene rings is 3. The van der Waals surface area contributed by atoms with Crippen LogP contribution in [0.1, 0.15) is 16.7 Å². The number of methoxy groups -OCH3 is 2. The maximum absolute atomic E-state index is 13.1. The summed E-state index contributed by atoms with van der Waals surface area (Å²) in [6, 6.07) is 21.8. The van der Waals surface area contributed by atoms with E-state index in [-0.39, 0.29) is 5.56 Å². The number of aromatic nitrogens is 1. The fourth-order valence-electron chi connectivity index (χ4n) is 4.73. The predicted octanol–water partition coefficient (Wildman–Crippen LogP) is 4.48. The largest absolute Gasteiger partial charge is 0.493 e. The highest BCUT2D eigenvalue weighted by atomic mass is 32.1. The Labute approximate surface area is 238 Å². The summed E-state index contributed by atoms with van der Waals surface area (Å²) in [6.07, 6.45) is 1.54. The standard InChI is InChI=1S/C31H33N3O5S/c1-36-26-9-8-22(16-27(26)37-2)11-13-34(31(40)32-12-10-21-6-4-3-5-7-21)20-24-17-23-18-28-29(39-15-14-38-28)19-25(23)33-30(24)35/h3-9,16-19H,10-15,20H2,1-2H3,(H,32,40)(H,33,35). The zero-order valence-electron chi connectivity index (χ0n) is 22.7. The van der Waals surface area contributed by atoms with Gasteiger partial charge in [0.25, 0.3) is 5.56 Å². The van der Waals surface area contributed by atoms with Crippen LogP contribution < -0.4 is 29.8 Å². The van der Waals surface area contributed by atoms with Gasteiger partial charge in [-0.15, -0.1) is 0 Å². The molecule has 1 aromatic heterocycles. The van der Waals surface area contributed by atoms with Crippen LogP contribution in [0.2, 0.25) is 0 Å². The quantitative estimate of drug-likeness (QED) is 0.275. The first-order valence-electron chi connectivity index (χ1n) is 13.3. The van der Waals surface area contributed by atoms with E-state index in [4.69, 9.17) is 31.2 Å². The van der Waals surface area contributed by atoms with E-state index < -0.39 is 0 Å². The Morgan fingerprint density at radius 1 is 0.925 bits per heavy atom. The third kappa shape index (κ3) is 6.48. The van der Waals surface area contributed by atoms with Gasteiger partial charge in [0, 0.05) is 30.1 Å². The molecule has 0 radical (unpaired) electrons. The number of H-pyrrole nitrogens is 1. The molecule has 0 amide bonds. The lowest BCUT2D eigenvalue weighted by Crippen LogP contribution is -2.42. The second kappa shape index (κ2) is 12.7. The highest BCUT2D eigenvalue weighted by Crippen LogP contribution is 2.34. The number of fused-ring (bicyclic) bond motifs is 2. The first-order chi connectivity index (χ1) is 19.5. The number of hydrogen-bond donors (Lipinski definition) is 2. The first-order valence-corrected chi connectivity index (χ1v) is 13.7. The van der Waals surface area contributed by atoms with Crippen molar-refractivity contribution in [3.8, 4) is 23.0 Å². The molecular weight excluding hydrogens is 526 g/mol. The summed E-state index contributed by atoms with van der Waals surface area (Å²) < 4.78 is 22.3. The summed E-state index contributed by atoms with van der Waals surface area (Å²) in [6.45, 7) is 2.63. The molecule has 40 heavy (non-hydrogen) atoms. The third-order valence-corrected chi connectivity index (χ3v) is 7.29. The van der Waals surface area contributed by atoms with Crippen LogP contribution >= 0.6 is 12.2 Å². The van der Waals surface area contributed by atoms with Crippen molar-refractivity contribution >= 4 is 28.2 Å². The van der Waals surface area contributed by atoms with Crippen LogP contribution in [-0.4, -0.2) is 55.5 Å². The molecule has 2 heterocycles. The van der Waals surface area contributed by atoms with Gasteiger partial charge in [-0.1, -0.05) is 36.4 Å². The normalized spacial score (nSPS) is 12.2. The van der Waals surface area contributed by atoms with Gasteiger partial charge in [0.1, 0.15) is 13.2 Å². The van der Waals surface area contributed by atoms with Gasteiger partial charge >= 0.3 is 0 Å². The van der Waals surface area contributed by atoms with E-state index in [1.54, 1.807) is 14.2 Å². The molecule has 0 aliphatic carbocycles. The Hall–Kier alpha value is -4.24. The second-order valence-corrected chi connectivity index (χ2v) is 9.92. The molecule has 5 rings (SSSR count). The number of nitrogens with one attached hydrogen (secondary N) is 2. The van der Waals surface area contributed by atoms with Crippen LogP contribution in [0.25, 0.3) is 10.9 Å². The van der Waals surface area contributed by atoms with Crippen molar-refractivity contribution in [2.75, 3.05) is 40.5 Å². The van der Waals surface area contributed by atoms with Crippen molar-refractivity contribution in [1.29, 1.82) is 0 Å². The third-order valence-electron chi connectivity index (χ3n) is 6.88. The molecule has 0 spiro atoms. The zero-order valence-corrected chi connectivity index (χ0v) is 23.5. The molecule has 0 saturated heterocycles. The molecule has 208 valence electrons. The van der Waals surface area contributed by atoms with Crippen LogP contribution in [-0.2, 0) is 19.4 Å². The molecule has 1 aliphatic rings. The number of pyridine rings is 1. The minimum Gasteiger partial charge on any atom is -0.493 e. The van der Waals surface area contributed by atoms with Crippen LogP contribution in [0.5, 0.6) is 23.0 Å². The fraction of sp³-hybridized carbons (Fsp3) is 0.290. The number of aromatic amines is 1. The number of hydrogen-bond acceptors (Lipinski definition) is 6. The molecule has 0 atom stereocenters. The molecule has 4 aromatic rings. The van der Waals surface area contributed by atoms with Crippen molar-refractivity contribution in [1.82, 2.24) is 15.2 Å². The zero-order chi connectivity index (χ0) is 27.9. The minimum absolute atomic E-state index is 0.160. The molecular formula is C31H33N3O5S. The van der Waals surface area contributed by atoms with Crippen molar-refractivity contribution in [3.63, 3.8) is 0 Å². The molecule has 3 aromatic carbocycles. The number of rotatable bonds is 10. The monoisotopic (exact) mass is 559 g/mol. The Bertz CT molecular complexity index is 1540. The van der Waals surface area contributed by atoms with Gasteiger partial charge < -0.3 is 34.1 Å². The summed E-state index contributed by atoms with van der Waals surface area (Å²) in [4.78, 5) is 18.2. The van der Waals surface area contributed by atoms with Gasteiger partial charge in [-0.3, -0.25) is 4.79 Å². The highest BCUT2D eigenvalue weighted by molar-refractivity contribution is 7.80. The number of thiocarbonyl (C=S) groups is 1. The van der Waals surface area contributed by atoms with E-state index >= 15 is 0 Å². The number of nitrogens with zero attached hydrogens (tertiary/aromatic N) is 1. The van der Waals surface area contributed by atoms with E-state index in [1.165, 1.54) is 5.56 Å². The smallest absolute Gasteiger partial charge is 0.253 e. The molecule has 0 fully saturated rings. The summed E-state index contributed by atoms with van der Waals surface area (Å²) in [7, 11) is 3.24. The lowest BCUT2D eigenvalue weighted by atomic mass is 10.1. The van der Waals surface area contributed by atoms with Crippen molar-refractivity contribution < 1.29 is 18.9 Å². The fourth-order valence-corrected chi connectivity index (χ4v) is 4.99. The van der Waals surface area contributed by atoms with Crippen LogP contribution in [0, 0.1) is 0 Å². The van der Waals surface area contributed by atoms with Crippen molar-refractivity contribution in [2.24, 2.45) is 0 Å². The minimum atomic E-state index is -0.160. The topological polar surface area (TPSA) is 85.1 Å². The van der Waals surface area contributed by atoms with Crippen LogP contribution in [0.3, 0.4) is 0 Å². The summed E-state index contributed by atoms with van der Waals surface area (Å²) >= 11 is 5.83. The van der Waals surface area contributed by atoms with Gasteiger partial charge in [0.15, 0.2) is 28.1 Å². The second-order valence-electron chi connectivity index (χ2n) is 9.54. The van der Waals surface area contributed by atoms with Crippen LogP contribution in [0.15, 0.2) is 71.5 Å². The molecule has 1 aliphatic heterocycles. The lowest BCUT2D eigenvalue weighted by Gasteiger charge is -2.26. The SMILES string of the molecule is COc1ccc(CCN(Cc2cc3cc4c(cc3[nH]c2=O)OCCO4)C(=S)NCCc2ccccc2)cc1OC. The van der Waals surface area contributed by atoms with Gasteiger partial charge in [-0.05, 0) is 60.5 Å². The average molecular weight is 560 g/mol. The molecule has 0 saturated carbocycles. The summed E-state index contributed by atoms with van der Waals surface area (Å²) in [5.74, 6) is 2.68. The van der Waals surface area contributed by atoms with Crippen LogP contribution in [0.4, 0.5) is 0 Å². The van der Waals surface area contributed by atoms with E-state index in [9.17, 15) is 4.79 Å². The molecule has 8 nitrogen and oxygen atoms in total. The Morgan fingerprint density at radius 3 is 2.42 bits per heavy atom. The predicted molar refractivity (Wildman–Crippen MR) is 160 cm³/mol. The Balaban J connectivity index is 1.36. The molecule has 9 heteroatoms. The van der Waals surface area contributed by atoms with Crippen molar-refractivity contribution in [2.45, 2.75) is 19.4 Å². The van der Waals surface area contributed by atoms with Gasteiger partial charge in [-0.25, -0.2) is 0 Å². The molecule has 2 N–H and O–H groups in total. The highest BCUT2D eigenvalue weighted by Gasteiger charge is 2.17. The average Bonchev–Trinajstić information content (AvgIpc) is 2.98. The molecule has 0 bridgehead atoms.